The maximum Gasteiger partial charge on any atom is 0.270 e. The Hall–Kier alpha value is -2.97. The summed E-state index contributed by atoms with van der Waals surface area (Å²) < 4.78 is 13.2. The van der Waals surface area contributed by atoms with Gasteiger partial charge in [0.2, 0.25) is 11.8 Å². The number of carbonyl (C=O) groups excluding carboxylic acids is 3. The number of benzene rings is 1. The molecule has 3 rings (SSSR count). The van der Waals surface area contributed by atoms with E-state index in [-0.39, 0.29) is 23.9 Å². The zero-order chi connectivity index (χ0) is 19.7. The standard InChI is InChI=1S/C18H22FN5O3/c1-22(2)18(27)14-4-3-9-23(14)17(26)13-10-15(16(20)25)24(21-13)12-7-5-11(19)6-8-12/h5-8,14-15H,3-4,9-10H2,1-2H3,(H2,20,25)/t14-,15+/m0/s1. The third-order valence-corrected chi connectivity index (χ3v) is 4.82. The van der Waals surface area contributed by atoms with Gasteiger partial charge in [0.15, 0.2) is 0 Å². The van der Waals surface area contributed by atoms with Gasteiger partial charge in [-0.25, -0.2) is 4.39 Å². The number of hydrazone groups is 1. The molecule has 2 aliphatic rings. The van der Waals surface area contributed by atoms with Gasteiger partial charge in [-0.15, -0.1) is 0 Å². The van der Waals surface area contributed by atoms with Crippen LogP contribution >= 0.6 is 0 Å². The molecule has 2 N–H and O–H groups in total. The number of rotatable bonds is 4. The molecule has 0 bridgehead atoms. The van der Waals surface area contributed by atoms with E-state index in [1.807, 2.05) is 0 Å². The van der Waals surface area contributed by atoms with Crippen LogP contribution < -0.4 is 10.7 Å². The predicted octanol–water partition coefficient (Wildman–Crippen LogP) is 0.325. The highest BCUT2D eigenvalue weighted by molar-refractivity contribution is 6.40. The molecule has 2 aliphatic heterocycles. The van der Waals surface area contributed by atoms with E-state index < -0.39 is 23.8 Å². The van der Waals surface area contributed by atoms with Crippen molar-refractivity contribution in [2.45, 2.75) is 31.3 Å². The van der Waals surface area contributed by atoms with Gasteiger partial charge < -0.3 is 15.5 Å². The lowest BCUT2D eigenvalue weighted by Crippen LogP contribution is -2.47. The second-order valence-corrected chi connectivity index (χ2v) is 6.88. The molecule has 8 nitrogen and oxygen atoms in total. The number of nitrogens with zero attached hydrogens (tertiary/aromatic N) is 4. The Morgan fingerprint density at radius 3 is 2.44 bits per heavy atom. The lowest BCUT2D eigenvalue weighted by molar-refractivity contribution is -0.139. The van der Waals surface area contributed by atoms with E-state index in [1.165, 1.54) is 39.1 Å². The summed E-state index contributed by atoms with van der Waals surface area (Å²) in [5, 5.41) is 5.63. The van der Waals surface area contributed by atoms with Crippen LogP contribution in [-0.2, 0) is 14.4 Å². The van der Waals surface area contributed by atoms with Gasteiger partial charge in [0.05, 0.1) is 5.69 Å². The Bertz CT molecular complexity index is 793. The average Bonchev–Trinajstić information content (AvgIpc) is 3.28. The molecule has 2 heterocycles. The summed E-state index contributed by atoms with van der Waals surface area (Å²) in [6, 6.07) is 4.07. The van der Waals surface area contributed by atoms with Gasteiger partial charge in [0.25, 0.3) is 5.91 Å². The van der Waals surface area contributed by atoms with E-state index in [0.717, 1.165) is 6.42 Å². The van der Waals surface area contributed by atoms with Gasteiger partial charge in [0.1, 0.15) is 23.6 Å². The van der Waals surface area contributed by atoms with Crippen molar-refractivity contribution in [3.8, 4) is 0 Å². The van der Waals surface area contributed by atoms with Crippen LogP contribution in [0.5, 0.6) is 0 Å². The molecule has 144 valence electrons. The Balaban J connectivity index is 1.86. The first-order valence-corrected chi connectivity index (χ1v) is 8.73. The highest BCUT2D eigenvalue weighted by Crippen LogP contribution is 2.27. The van der Waals surface area contributed by atoms with Crippen molar-refractivity contribution in [1.29, 1.82) is 0 Å². The molecule has 3 amide bonds. The van der Waals surface area contributed by atoms with Crippen LogP contribution in [0, 0.1) is 5.82 Å². The molecule has 0 aliphatic carbocycles. The quantitative estimate of drug-likeness (QED) is 0.819. The lowest BCUT2D eigenvalue weighted by Gasteiger charge is -2.26. The zero-order valence-corrected chi connectivity index (χ0v) is 15.3. The number of hydrogen-bond acceptors (Lipinski definition) is 5. The Morgan fingerprint density at radius 1 is 1.19 bits per heavy atom. The number of carbonyl (C=O) groups is 3. The molecule has 1 saturated heterocycles. The topological polar surface area (TPSA) is 99.3 Å². The van der Waals surface area contributed by atoms with Crippen molar-refractivity contribution in [3.05, 3.63) is 30.1 Å². The van der Waals surface area contributed by atoms with Crippen molar-refractivity contribution in [2.24, 2.45) is 10.8 Å². The second-order valence-electron chi connectivity index (χ2n) is 6.88. The predicted molar refractivity (Wildman–Crippen MR) is 97.3 cm³/mol. The maximum atomic E-state index is 13.2. The van der Waals surface area contributed by atoms with E-state index >= 15 is 0 Å². The summed E-state index contributed by atoms with van der Waals surface area (Å²) >= 11 is 0. The molecule has 0 aromatic heterocycles. The molecule has 0 radical (unpaired) electrons. The molecule has 9 heteroatoms. The summed E-state index contributed by atoms with van der Waals surface area (Å²) in [5.41, 5.74) is 6.10. The van der Waals surface area contributed by atoms with Crippen LogP contribution in [0.1, 0.15) is 19.3 Å². The number of halogens is 1. The fourth-order valence-electron chi connectivity index (χ4n) is 3.42. The van der Waals surface area contributed by atoms with Crippen molar-refractivity contribution in [2.75, 3.05) is 25.6 Å². The first kappa shape index (κ1) is 18.8. The van der Waals surface area contributed by atoms with Gasteiger partial charge in [-0.2, -0.15) is 5.10 Å². The van der Waals surface area contributed by atoms with Gasteiger partial charge in [-0.05, 0) is 37.1 Å². The molecular weight excluding hydrogens is 353 g/mol. The molecule has 0 saturated carbocycles. The number of likely N-dealkylation sites (N-methyl/N-ethyl adjacent to an activating group) is 1. The second kappa shape index (κ2) is 7.34. The first-order chi connectivity index (χ1) is 12.8. The smallest absolute Gasteiger partial charge is 0.270 e. The SMILES string of the molecule is CN(C)C(=O)[C@@H]1CCCN1C(=O)C1=NN(c2ccc(F)cc2)[C@@H](C(N)=O)C1. The minimum absolute atomic E-state index is 0.0465. The van der Waals surface area contributed by atoms with E-state index in [4.69, 9.17) is 5.73 Å². The van der Waals surface area contributed by atoms with E-state index in [1.54, 1.807) is 14.1 Å². The molecule has 0 unspecified atom stereocenters. The molecule has 1 aromatic carbocycles. The number of hydrogen-bond donors (Lipinski definition) is 1. The normalized spacial score (nSPS) is 22.0. The van der Waals surface area contributed by atoms with E-state index in [9.17, 15) is 18.8 Å². The molecule has 2 atom stereocenters. The number of likely N-dealkylation sites (tertiary alicyclic amines) is 1. The van der Waals surface area contributed by atoms with Crippen molar-refractivity contribution in [1.82, 2.24) is 9.80 Å². The van der Waals surface area contributed by atoms with Crippen molar-refractivity contribution >= 4 is 29.1 Å². The molecule has 1 aromatic rings. The summed E-state index contributed by atoms with van der Waals surface area (Å²) in [4.78, 5) is 40.1. The maximum absolute atomic E-state index is 13.2. The van der Waals surface area contributed by atoms with Crippen LogP contribution in [0.4, 0.5) is 10.1 Å². The molecule has 1 fully saturated rings. The van der Waals surface area contributed by atoms with Crippen LogP contribution in [0.15, 0.2) is 29.4 Å². The van der Waals surface area contributed by atoms with Crippen molar-refractivity contribution in [3.63, 3.8) is 0 Å². The number of nitrogens with two attached hydrogens (primary N) is 1. The minimum atomic E-state index is -0.833. The summed E-state index contributed by atoms with van der Waals surface area (Å²) in [6.45, 7) is 0.458. The van der Waals surface area contributed by atoms with Gasteiger partial charge in [-0.3, -0.25) is 19.4 Å². The van der Waals surface area contributed by atoms with E-state index in [0.29, 0.717) is 18.7 Å². The Kier molecular flexibility index (Phi) is 5.11. The van der Waals surface area contributed by atoms with Gasteiger partial charge >= 0.3 is 0 Å². The van der Waals surface area contributed by atoms with E-state index in [2.05, 4.69) is 5.10 Å². The third-order valence-electron chi connectivity index (χ3n) is 4.82. The van der Waals surface area contributed by atoms with Crippen molar-refractivity contribution < 1.29 is 18.8 Å². The fraction of sp³-hybridized carbons (Fsp3) is 0.444. The van der Waals surface area contributed by atoms with Crippen LogP contribution in [0.2, 0.25) is 0 Å². The molecule has 0 spiro atoms. The summed E-state index contributed by atoms with van der Waals surface area (Å²) in [6.07, 6.45) is 1.37. The number of amides is 3. The number of primary amides is 1. The van der Waals surface area contributed by atoms with Crippen LogP contribution in [-0.4, -0.2) is 66.0 Å². The van der Waals surface area contributed by atoms with Gasteiger partial charge in [-0.1, -0.05) is 0 Å². The average molecular weight is 375 g/mol. The summed E-state index contributed by atoms with van der Waals surface area (Å²) in [7, 11) is 3.30. The Morgan fingerprint density at radius 2 is 1.85 bits per heavy atom. The molecular formula is C18H22FN5O3. The first-order valence-electron chi connectivity index (χ1n) is 8.73. The zero-order valence-electron chi connectivity index (χ0n) is 15.3. The third kappa shape index (κ3) is 3.62. The monoisotopic (exact) mass is 375 g/mol. The largest absolute Gasteiger partial charge is 0.368 e. The fourth-order valence-corrected chi connectivity index (χ4v) is 3.42. The minimum Gasteiger partial charge on any atom is -0.368 e. The highest BCUT2D eigenvalue weighted by atomic mass is 19.1. The summed E-state index contributed by atoms with van der Waals surface area (Å²) in [5.74, 6) is -1.56. The van der Waals surface area contributed by atoms with Crippen LogP contribution in [0.25, 0.3) is 0 Å². The van der Waals surface area contributed by atoms with Crippen LogP contribution in [0.3, 0.4) is 0 Å². The molecule has 27 heavy (non-hydrogen) atoms. The highest BCUT2D eigenvalue weighted by Gasteiger charge is 2.41. The lowest BCUT2D eigenvalue weighted by atomic mass is 10.1. The number of anilines is 1. The van der Waals surface area contributed by atoms with Gasteiger partial charge in [0, 0.05) is 27.1 Å². The Labute approximate surface area is 156 Å².